The first-order chi connectivity index (χ1) is 17.7. The molecule has 6 heteroatoms. The largest absolute Gasteiger partial charge is 0.458 e. The van der Waals surface area contributed by atoms with E-state index in [9.17, 15) is 14.7 Å². The monoisotopic (exact) mass is 522 g/mol. The molecule has 4 saturated carbocycles. The van der Waals surface area contributed by atoms with Crippen LogP contribution in [0.25, 0.3) is 6.08 Å². The van der Waals surface area contributed by atoms with E-state index in [-0.39, 0.29) is 29.1 Å². The van der Waals surface area contributed by atoms with E-state index in [1.807, 2.05) is 58.0 Å². The second kappa shape index (κ2) is 8.02. The molecule has 1 aliphatic heterocycles. The Morgan fingerprint density at radius 1 is 1.08 bits per heavy atom. The fraction of sp³-hybridized carbons (Fsp3) is 0.688. The average Bonchev–Trinajstić information content (AvgIpc) is 3.33. The molecule has 1 heterocycles. The van der Waals surface area contributed by atoms with Crippen molar-refractivity contribution in [2.75, 3.05) is 0 Å². The Morgan fingerprint density at radius 2 is 1.76 bits per heavy atom. The number of aliphatic hydroxyl groups is 1. The van der Waals surface area contributed by atoms with Crippen molar-refractivity contribution in [3.63, 3.8) is 0 Å². The van der Waals surface area contributed by atoms with Gasteiger partial charge in [0, 0.05) is 11.5 Å². The van der Waals surface area contributed by atoms with Crippen LogP contribution in [0.2, 0.25) is 0 Å². The fourth-order valence-corrected chi connectivity index (χ4v) is 9.25. The lowest BCUT2D eigenvalue weighted by molar-refractivity contribution is -0.281. The van der Waals surface area contributed by atoms with Crippen LogP contribution in [0, 0.1) is 39.9 Å². The average molecular weight is 523 g/mol. The van der Waals surface area contributed by atoms with Crippen molar-refractivity contribution < 1.29 is 28.9 Å². The Morgan fingerprint density at radius 3 is 2.45 bits per heavy atom. The van der Waals surface area contributed by atoms with Crippen molar-refractivity contribution in [2.24, 2.45) is 39.9 Å². The van der Waals surface area contributed by atoms with Crippen molar-refractivity contribution in [3.8, 4) is 0 Å². The number of hydrogen-bond donors (Lipinski definition) is 1. The lowest BCUT2D eigenvalue weighted by Gasteiger charge is -2.59. The molecule has 5 aliphatic rings. The van der Waals surface area contributed by atoms with Gasteiger partial charge in [-0.25, -0.2) is 4.79 Å². The number of carbonyl (C=O) groups excluding carboxylic acids is 2. The van der Waals surface area contributed by atoms with Crippen LogP contribution in [-0.4, -0.2) is 46.6 Å². The first-order valence-corrected chi connectivity index (χ1v) is 14.2. The summed E-state index contributed by atoms with van der Waals surface area (Å²) in [6, 6.07) is 9.57. The Kier molecular flexibility index (Phi) is 5.53. The summed E-state index contributed by atoms with van der Waals surface area (Å²) in [6.45, 7) is 14.4. The number of rotatable bonds is 3. The Balaban J connectivity index is 1.41. The van der Waals surface area contributed by atoms with Gasteiger partial charge < -0.3 is 19.3 Å². The Bertz CT molecular complexity index is 1190. The van der Waals surface area contributed by atoms with Gasteiger partial charge in [-0.3, -0.25) is 4.79 Å². The molecular weight excluding hydrogens is 480 g/mol. The molecule has 2 bridgehead atoms. The minimum absolute atomic E-state index is 0.0203. The minimum Gasteiger partial charge on any atom is -0.458 e. The summed E-state index contributed by atoms with van der Waals surface area (Å²) in [5.74, 6) is -1.65. The molecule has 4 aliphatic carbocycles. The highest BCUT2D eigenvalue weighted by atomic mass is 16.7. The molecule has 10 atom stereocenters. The summed E-state index contributed by atoms with van der Waals surface area (Å²) in [5.41, 5.74) is -1.95. The molecule has 1 aromatic rings. The van der Waals surface area contributed by atoms with Crippen molar-refractivity contribution >= 4 is 17.8 Å². The van der Waals surface area contributed by atoms with E-state index in [1.165, 1.54) is 6.08 Å². The molecule has 38 heavy (non-hydrogen) atoms. The number of esters is 1. The SMILES string of the molecule is CC1CC23OC(C)(C)OC4C5C(CCC(C)(C(O)C2C1OC(=O)C=Cc1ccccc1)C4(C)C3=O)C5(C)C. The standard InChI is InChI=1S/C32H42O6/c1-18-17-32-23(24(18)36-21(33)14-13-19-11-9-8-10-12-19)25(34)30(6)16-15-20-22(28(20,2)3)26(31(30,7)27(32)35)37-29(4,5)38-32/h8-14,18,20,22-26,34H,15-17H2,1-7H3. The molecule has 1 spiro atoms. The van der Waals surface area contributed by atoms with Gasteiger partial charge in [0.2, 0.25) is 0 Å². The zero-order chi connectivity index (χ0) is 27.5. The van der Waals surface area contributed by atoms with E-state index >= 15 is 0 Å². The van der Waals surface area contributed by atoms with Crippen LogP contribution in [0.15, 0.2) is 36.4 Å². The van der Waals surface area contributed by atoms with Gasteiger partial charge in [0.05, 0.1) is 23.5 Å². The van der Waals surface area contributed by atoms with Gasteiger partial charge >= 0.3 is 5.97 Å². The maximum atomic E-state index is 14.9. The normalized spacial score (nSPS) is 48.0. The summed E-state index contributed by atoms with van der Waals surface area (Å²) in [7, 11) is 0. The Labute approximate surface area is 226 Å². The third-order valence-electron chi connectivity index (χ3n) is 11.4. The van der Waals surface area contributed by atoms with Crippen molar-refractivity contribution in [1.29, 1.82) is 0 Å². The molecule has 5 fully saturated rings. The predicted octanol–water partition coefficient (Wildman–Crippen LogP) is 5.18. The second-order valence-electron chi connectivity index (χ2n) is 14.2. The van der Waals surface area contributed by atoms with Gasteiger partial charge in [-0.15, -0.1) is 0 Å². The van der Waals surface area contributed by atoms with Gasteiger partial charge in [0.15, 0.2) is 11.6 Å². The van der Waals surface area contributed by atoms with E-state index in [2.05, 4.69) is 20.8 Å². The number of aliphatic hydroxyl groups excluding tert-OH is 1. The molecule has 1 N–H and O–H groups in total. The molecule has 6 nitrogen and oxygen atoms in total. The quantitative estimate of drug-likeness (QED) is 0.435. The van der Waals surface area contributed by atoms with Crippen LogP contribution in [-0.2, 0) is 23.8 Å². The van der Waals surface area contributed by atoms with Gasteiger partial charge in [-0.2, -0.15) is 0 Å². The first kappa shape index (κ1) is 26.2. The highest BCUT2D eigenvalue weighted by Gasteiger charge is 2.82. The highest BCUT2D eigenvalue weighted by molar-refractivity contribution is 5.96. The summed E-state index contributed by atoms with van der Waals surface area (Å²) in [6.07, 6.45) is 3.31. The first-order valence-electron chi connectivity index (χ1n) is 14.2. The molecule has 206 valence electrons. The third-order valence-corrected chi connectivity index (χ3v) is 11.4. The highest BCUT2D eigenvalue weighted by Crippen LogP contribution is 2.75. The van der Waals surface area contributed by atoms with Crippen molar-refractivity contribution in [1.82, 2.24) is 0 Å². The van der Waals surface area contributed by atoms with E-state index in [0.29, 0.717) is 12.3 Å². The van der Waals surface area contributed by atoms with Gasteiger partial charge in [0.25, 0.3) is 0 Å². The number of fused-ring (bicyclic) bond motifs is 2. The van der Waals surface area contributed by atoms with E-state index in [0.717, 1.165) is 18.4 Å². The molecular formula is C32H42O6. The second-order valence-corrected chi connectivity index (χ2v) is 14.2. The van der Waals surface area contributed by atoms with Crippen molar-refractivity contribution in [2.45, 2.75) is 97.4 Å². The van der Waals surface area contributed by atoms with Crippen LogP contribution in [0.5, 0.6) is 0 Å². The molecule has 10 unspecified atom stereocenters. The zero-order valence-electron chi connectivity index (χ0n) is 23.7. The molecule has 0 amide bonds. The molecule has 0 aromatic heterocycles. The molecule has 0 radical (unpaired) electrons. The molecule has 1 aromatic carbocycles. The number of hydrogen-bond acceptors (Lipinski definition) is 6. The van der Waals surface area contributed by atoms with Gasteiger partial charge in [-0.1, -0.05) is 58.0 Å². The molecule has 1 saturated heterocycles. The minimum atomic E-state index is -1.28. The van der Waals surface area contributed by atoms with Crippen LogP contribution < -0.4 is 0 Å². The molecule has 6 rings (SSSR count). The summed E-state index contributed by atoms with van der Waals surface area (Å²) in [5, 5.41) is 12.3. The van der Waals surface area contributed by atoms with Gasteiger partial charge in [-0.05, 0) is 74.8 Å². The topological polar surface area (TPSA) is 82.1 Å². The van der Waals surface area contributed by atoms with E-state index in [4.69, 9.17) is 14.2 Å². The van der Waals surface area contributed by atoms with E-state index in [1.54, 1.807) is 6.08 Å². The predicted molar refractivity (Wildman–Crippen MR) is 143 cm³/mol. The third kappa shape index (κ3) is 3.29. The van der Waals surface area contributed by atoms with E-state index < -0.39 is 46.3 Å². The lowest BCUT2D eigenvalue weighted by Crippen LogP contribution is -2.72. The number of ether oxygens (including phenoxy) is 3. The van der Waals surface area contributed by atoms with Crippen LogP contribution in [0.4, 0.5) is 0 Å². The maximum absolute atomic E-state index is 14.9. The van der Waals surface area contributed by atoms with Crippen molar-refractivity contribution in [3.05, 3.63) is 42.0 Å². The summed E-state index contributed by atoms with van der Waals surface area (Å²) < 4.78 is 19.6. The van der Waals surface area contributed by atoms with Crippen LogP contribution in [0.1, 0.15) is 73.3 Å². The lowest BCUT2D eigenvalue weighted by atomic mass is 9.46. The number of carbonyl (C=O) groups is 2. The Hall–Kier alpha value is -2.02. The smallest absolute Gasteiger partial charge is 0.331 e. The van der Waals surface area contributed by atoms with Crippen LogP contribution >= 0.6 is 0 Å². The maximum Gasteiger partial charge on any atom is 0.331 e. The summed E-state index contributed by atoms with van der Waals surface area (Å²) in [4.78, 5) is 28.0. The fourth-order valence-electron chi connectivity index (χ4n) is 9.25. The van der Waals surface area contributed by atoms with Gasteiger partial charge in [0.1, 0.15) is 11.7 Å². The number of Topliss-reactive ketones (excluding diaryl/α,β-unsaturated/α-hetero) is 1. The number of benzene rings is 1. The zero-order valence-corrected chi connectivity index (χ0v) is 23.7. The summed E-state index contributed by atoms with van der Waals surface area (Å²) >= 11 is 0. The number of ketones is 1. The van der Waals surface area contributed by atoms with Crippen LogP contribution in [0.3, 0.4) is 0 Å².